The van der Waals surface area contributed by atoms with E-state index in [1.54, 1.807) is 26.2 Å². The first-order valence-electron chi connectivity index (χ1n) is 6.07. The average molecular weight is 277 g/mol. The normalized spacial score (nSPS) is 10.2. The summed E-state index contributed by atoms with van der Waals surface area (Å²) < 4.78 is 15.7. The Labute approximate surface area is 115 Å². The van der Waals surface area contributed by atoms with Crippen molar-refractivity contribution in [1.29, 1.82) is 0 Å². The lowest BCUT2D eigenvalue weighted by atomic mass is 10.2. The van der Waals surface area contributed by atoms with Crippen LogP contribution in [0.15, 0.2) is 18.2 Å². The van der Waals surface area contributed by atoms with E-state index in [0.717, 1.165) is 5.56 Å². The second-order valence-electron chi connectivity index (χ2n) is 3.90. The number of rotatable bonds is 5. The molecule has 1 aromatic carbocycles. The maximum Gasteiger partial charge on any atom is 0.362 e. The number of H-pyrrole nitrogens is 1. The molecule has 0 radical (unpaired) electrons. The molecule has 0 aliphatic rings. The Kier molecular flexibility index (Phi) is 4.19. The smallest absolute Gasteiger partial charge is 0.362 e. The summed E-state index contributed by atoms with van der Waals surface area (Å²) in [6.07, 6.45) is 0. The van der Waals surface area contributed by atoms with Crippen LogP contribution in [-0.2, 0) is 4.74 Å². The predicted molar refractivity (Wildman–Crippen MR) is 70.1 cm³/mol. The van der Waals surface area contributed by atoms with Crippen molar-refractivity contribution in [2.75, 3.05) is 13.7 Å². The molecule has 106 valence electrons. The molecule has 0 spiro atoms. The third kappa shape index (κ3) is 2.71. The number of carbonyl (C=O) groups is 1. The fourth-order valence-corrected chi connectivity index (χ4v) is 1.66. The van der Waals surface area contributed by atoms with E-state index in [1.165, 1.54) is 0 Å². The van der Waals surface area contributed by atoms with Crippen molar-refractivity contribution < 1.29 is 19.0 Å². The molecule has 0 amide bonds. The van der Waals surface area contributed by atoms with Gasteiger partial charge in [-0.2, -0.15) is 0 Å². The molecule has 1 N–H and O–H groups in total. The van der Waals surface area contributed by atoms with Gasteiger partial charge in [-0.15, -0.1) is 0 Å². The molecule has 2 aromatic rings. The van der Waals surface area contributed by atoms with E-state index < -0.39 is 5.97 Å². The van der Waals surface area contributed by atoms with Crippen molar-refractivity contribution >= 4 is 5.97 Å². The molecule has 0 saturated carbocycles. The number of carbonyl (C=O) groups excluding carboxylic acids is 1. The van der Waals surface area contributed by atoms with Crippen molar-refractivity contribution in [1.82, 2.24) is 15.4 Å². The number of esters is 1. The summed E-state index contributed by atoms with van der Waals surface area (Å²) in [5, 5.41) is 9.77. The van der Waals surface area contributed by atoms with Gasteiger partial charge < -0.3 is 14.2 Å². The van der Waals surface area contributed by atoms with Gasteiger partial charge in [-0.3, -0.25) is 0 Å². The minimum absolute atomic E-state index is 0.0693. The molecule has 1 aromatic heterocycles. The second-order valence-corrected chi connectivity index (χ2v) is 3.90. The van der Waals surface area contributed by atoms with Gasteiger partial charge in [0.25, 0.3) is 5.88 Å². The number of hydrogen-bond donors (Lipinski definition) is 1. The quantitative estimate of drug-likeness (QED) is 0.842. The van der Waals surface area contributed by atoms with Crippen LogP contribution in [0.3, 0.4) is 0 Å². The van der Waals surface area contributed by atoms with Crippen LogP contribution in [0.2, 0.25) is 0 Å². The predicted octanol–water partition coefficient (Wildman–Crippen LogP) is 2.09. The maximum atomic E-state index is 11.7. The van der Waals surface area contributed by atoms with E-state index in [4.69, 9.17) is 14.2 Å². The van der Waals surface area contributed by atoms with Crippen LogP contribution in [0.1, 0.15) is 23.0 Å². The molecule has 7 nitrogen and oxygen atoms in total. The summed E-state index contributed by atoms with van der Waals surface area (Å²) in [4.78, 5) is 11.7. The Morgan fingerprint density at radius 2 is 2.10 bits per heavy atom. The van der Waals surface area contributed by atoms with E-state index in [1.807, 2.05) is 13.0 Å². The Hall–Kier alpha value is -2.57. The first kappa shape index (κ1) is 13.9. The maximum absolute atomic E-state index is 11.7. The Morgan fingerprint density at radius 3 is 2.80 bits per heavy atom. The van der Waals surface area contributed by atoms with E-state index >= 15 is 0 Å². The van der Waals surface area contributed by atoms with E-state index in [-0.39, 0.29) is 18.2 Å². The summed E-state index contributed by atoms with van der Waals surface area (Å²) >= 11 is 0. The summed E-state index contributed by atoms with van der Waals surface area (Å²) in [6.45, 7) is 3.82. The van der Waals surface area contributed by atoms with Gasteiger partial charge in [-0.05, 0) is 26.0 Å². The highest BCUT2D eigenvalue weighted by atomic mass is 16.5. The van der Waals surface area contributed by atoms with Gasteiger partial charge in [-0.1, -0.05) is 16.4 Å². The lowest BCUT2D eigenvalue weighted by Crippen LogP contribution is -2.07. The number of aromatic nitrogens is 3. The van der Waals surface area contributed by atoms with Crippen LogP contribution < -0.4 is 9.47 Å². The Bertz CT molecular complexity index is 609. The van der Waals surface area contributed by atoms with Crippen molar-refractivity contribution in [3.63, 3.8) is 0 Å². The highest BCUT2D eigenvalue weighted by molar-refractivity contribution is 5.89. The van der Waals surface area contributed by atoms with Gasteiger partial charge in [0.05, 0.1) is 13.7 Å². The van der Waals surface area contributed by atoms with E-state index in [0.29, 0.717) is 11.5 Å². The molecular formula is C13H15N3O4. The molecule has 0 aliphatic heterocycles. The summed E-state index contributed by atoms with van der Waals surface area (Å²) in [6, 6.07) is 5.35. The minimum Gasteiger partial charge on any atom is -0.496 e. The first-order chi connectivity index (χ1) is 9.67. The molecule has 20 heavy (non-hydrogen) atoms. The van der Waals surface area contributed by atoms with Crippen LogP contribution in [0.4, 0.5) is 0 Å². The third-order valence-electron chi connectivity index (χ3n) is 2.66. The van der Waals surface area contributed by atoms with Gasteiger partial charge in [0.15, 0.2) is 0 Å². The topological polar surface area (TPSA) is 86.3 Å². The molecule has 0 fully saturated rings. The van der Waals surface area contributed by atoms with Crippen molar-refractivity contribution in [2.45, 2.75) is 13.8 Å². The standard InChI is InChI=1S/C13H15N3O4/c1-4-19-13(17)11-12(15-16-14-11)20-10-7-5-6-9(18-3)8(10)2/h5-7H,4H2,1-3H3,(H,14,15,16). The summed E-state index contributed by atoms with van der Waals surface area (Å²) in [5.74, 6) is 0.723. The van der Waals surface area contributed by atoms with Crippen LogP contribution in [0.5, 0.6) is 17.4 Å². The minimum atomic E-state index is -0.562. The molecule has 2 rings (SSSR count). The number of nitrogens with zero attached hydrogens (tertiary/aromatic N) is 2. The summed E-state index contributed by atoms with van der Waals surface area (Å²) in [5.41, 5.74) is 0.877. The fraction of sp³-hybridized carbons (Fsp3) is 0.308. The molecule has 0 saturated heterocycles. The zero-order chi connectivity index (χ0) is 14.5. The van der Waals surface area contributed by atoms with E-state index in [2.05, 4.69) is 15.4 Å². The SMILES string of the molecule is CCOC(=O)c1[nH]nnc1Oc1cccc(OC)c1C. The molecule has 0 atom stereocenters. The van der Waals surface area contributed by atoms with Crippen molar-refractivity contribution in [3.8, 4) is 17.4 Å². The van der Waals surface area contributed by atoms with Gasteiger partial charge in [0, 0.05) is 5.56 Å². The molecule has 0 unspecified atom stereocenters. The number of methoxy groups -OCH3 is 1. The van der Waals surface area contributed by atoms with Gasteiger partial charge >= 0.3 is 5.97 Å². The van der Waals surface area contributed by atoms with Crippen LogP contribution in [0, 0.1) is 6.92 Å². The van der Waals surface area contributed by atoms with Crippen LogP contribution in [-0.4, -0.2) is 35.1 Å². The third-order valence-corrected chi connectivity index (χ3v) is 2.66. The van der Waals surface area contributed by atoms with E-state index in [9.17, 15) is 4.79 Å². The monoisotopic (exact) mass is 277 g/mol. The number of benzene rings is 1. The highest BCUT2D eigenvalue weighted by Gasteiger charge is 2.19. The first-order valence-corrected chi connectivity index (χ1v) is 6.07. The zero-order valence-corrected chi connectivity index (χ0v) is 11.5. The number of ether oxygens (including phenoxy) is 3. The van der Waals surface area contributed by atoms with Crippen LogP contribution >= 0.6 is 0 Å². The molecule has 0 bridgehead atoms. The Balaban J connectivity index is 2.27. The lowest BCUT2D eigenvalue weighted by Gasteiger charge is -2.10. The van der Waals surface area contributed by atoms with Crippen molar-refractivity contribution in [2.24, 2.45) is 0 Å². The largest absolute Gasteiger partial charge is 0.496 e. The fourth-order valence-electron chi connectivity index (χ4n) is 1.66. The molecule has 7 heteroatoms. The second kappa shape index (κ2) is 6.05. The van der Waals surface area contributed by atoms with Gasteiger partial charge in [0.2, 0.25) is 5.69 Å². The lowest BCUT2D eigenvalue weighted by molar-refractivity contribution is 0.0516. The molecular weight excluding hydrogens is 262 g/mol. The number of aromatic amines is 1. The number of hydrogen-bond acceptors (Lipinski definition) is 6. The van der Waals surface area contributed by atoms with Gasteiger partial charge in [-0.25, -0.2) is 9.89 Å². The molecule has 0 aliphatic carbocycles. The van der Waals surface area contributed by atoms with Gasteiger partial charge in [0.1, 0.15) is 11.5 Å². The highest BCUT2D eigenvalue weighted by Crippen LogP contribution is 2.31. The average Bonchev–Trinajstić information content (AvgIpc) is 2.90. The zero-order valence-electron chi connectivity index (χ0n) is 11.5. The van der Waals surface area contributed by atoms with Crippen LogP contribution in [0.25, 0.3) is 0 Å². The molecule has 1 heterocycles. The van der Waals surface area contributed by atoms with Crippen molar-refractivity contribution in [3.05, 3.63) is 29.5 Å². The Morgan fingerprint density at radius 1 is 1.35 bits per heavy atom. The summed E-state index contributed by atoms with van der Waals surface area (Å²) in [7, 11) is 1.58. The number of nitrogens with one attached hydrogen (secondary N) is 1.